The smallest absolute Gasteiger partial charge is 0.221 e. The summed E-state index contributed by atoms with van der Waals surface area (Å²) in [5.74, 6) is 1.46. The second-order valence-electron chi connectivity index (χ2n) is 5.32. The first-order valence-electron chi connectivity index (χ1n) is 7.53. The minimum Gasteiger partial charge on any atom is -0.493 e. The van der Waals surface area contributed by atoms with Crippen molar-refractivity contribution in [3.05, 3.63) is 23.8 Å². The number of carbonyl (C=O) groups is 1. The molecule has 124 valence electrons. The van der Waals surface area contributed by atoms with Crippen LogP contribution in [0.15, 0.2) is 18.2 Å². The molecule has 0 unspecified atom stereocenters. The van der Waals surface area contributed by atoms with E-state index in [1.54, 1.807) is 7.11 Å². The summed E-state index contributed by atoms with van der Waals surface area (Å²) >= 11 is 0. The van der Waals surface area contributed by atoms with Crippen molar-refractivity contribution >= 4 is 18.3 Å². The Bertz CT molecular complexity index is 476. The van der Waals surface area contributed by atoms with Crippen LogP contribution in [0.25, 0.3) is 0 Å². The third-order valence-corrected chi connectivity index (χ3v) is 3.68. The van der Waals surface area contributed by atoms with E-state index in [2.05, 4.69) is 5.32 Å². The number of rotatable bonds is 7. The van der Waals surface area contributed by atoms with Gasteiger partial charge in [-0.3, -0.25) is 4.79 Å². The van der Waals surface area contributed by atoms with Gasteiger partial charge in [-0.1, -0.05) is 6.07 Å². The molecule has 1 aliphatic rings. The van der Waals surface area contributed by atoms with Gasteiger partial charge in [0.05, 0.1) is 13.2 Å². The molecular formula is C16H25ClN2O3. The van der Waals surface area contributed by atoms with Gasteiger partial charge in [-0.15, -0.1) is 12.4 Å². The number of nitrogens with two attached hydrogens (primary N) is 1. The van der Waals surface area contributed by atoms with Crippen molar-refractivity contribution in [3.8, 4) is 11.5 Å². The number of benzene rings is 1. The van der Waals surface area contributed by atoms with E-state index in [0.29, 0.717) is 19.5 Å². The Balaban J connectivity index is 0.00000242. The highest BCUT2D eigenvalue weighted by atomic mass is 35.5. The van der Waals surface area contributed by atoms with Gasteiger partial charge in [-0.05, 0) is 43.4 Å². The van der Waals surface area contributed by atoms with Gasteiger partial charge in [0.2, 0.25) is 5.91 Å². The number of amides is 1. The van der Waals surface area contributed by atoms with Gasteiger partial charge in [-0.2, -0.15) is 0 Å². The number of hydrogen-bond donors (Lipinski definition) is 2. The van der Waals surface area contributed by atoms with Crippen LogP contribution in [0.5, 0.6) is 11.5 Å². The molecule has 6 heteroatoms. The summed E-state index contributed by atoms with van der Waals surface area (Å²) in [6.07, 6.45) is 5.27. The molecule has 0 atom stereocenters. The lowest BCUT2D eigenvalue weighted by Gasteiger charge is -2.17. The highest BCUT2D eigenvalue weighted by Gasteiger charge is 2.18. The molecule has 0 saturated heterocycles. The Morgan fingerprint density at radius 2 is 2.05 bits per heavy atom. The lowest BCUT2D eigenvalue weighted by atomic mass is 10.2. The van der Waals surface area contributed by atoms with E-state index in [9.17, 15) is 4.79 Å². The lowest BCUT2D eigenvalue weighted by Crippen LogP contribution is -2.25. The van der Waals surface area contributed by atoms with Crippen LogP contribution in [0.4, 0.5) is 0 Å². The number of methoxy groups -OCH3 is 1. The van der Waals surface area contributed by atoms with Crippen molar-refractivity contribution < 1.29 is 14.3 Å². The molecule has 1 aliphatic carbocycles. The van der Waals surface area contributed by atoms with E-state index in [1.807, 2.05) is 18.2 Å². The van der Waals surface area contributed by atoms with E-state index in [1.165, 1.54) is 12.8 Å². The number of hydrogen-bond acceptors (Lipinski definition) is 4. The van der Waals surface area contributed by atoms with Crippen LogP contribution >= 0.6 is 12.4 Å². The monoisotopic (exact) mass is 328 g/mol. The molecule has 0 spiro atoms. The quantitative estimate of drug-likeness (QED) is 0.806. The van der Waals surface area contributed by atoms with Crippen molar-refractivity contribution in [2.24, 2.45) is 5.73 Å². The molecule has 1 aromatic carbocycles. The van der Waals surface area contributed by atoms with E-state index < -0.39 is 0 Å². The highest BCUT2D eigenvalue weighted by molar-refractivity contribution is 5.85. The molecule has 3 N–H and O–H groups in total. The zero-order chi connectivity index (χ0) is 15.1. The van der Waals surface area contributed by atoms with Gasteiger partial charge in [0.15, 0.2) is 11.5 Å². The predicted molar refractivity (Wildman–Crippen MR) is 88.6 cm³/mol. The Morgan fingerprint density at radius 3 is 2.68 bits per heavy atom. The average Bonchev–Trinajstić information content (AvgIpc) is 2.99. The largest absolute Gasteiger partial charge is 0.493 e. The first-order chi connectivity index (χ1) is 10.2. The fourth-order valence-electron chi connectivity index (χ4n) is 2.53. The Labute approximate surface area is 138 Å². The maximum atomic E-state index is 11.5. The van der Waals surface area contributed by atoms with E-state index in [4.69, 9.17) is 15.2 Å². The van der Waals surface area contributed by atoms with Gasteiger partial charge >= 0.3 is 0 Å². The number of ether oxygens (including phenoxy) is 2. The lowest BCUT2D eigenvalue weighted by molar-refractivity contribution is -0.121. The van der Waals surface area contributed by atoms with Crippen LogP contribution in [0, 0.1) is 0 Å². The number of halogens is 1. The van der Waals surface area contributed by atoms with E-state index in [0.717, 1.165) is 29.9 Å². The minimum atomic E-state index is -0.0356. The number of nitrogens with one attached hydrogen (secondary N) is 1. The van der Waals surface area contributed by atoms with Crippen LogP contribution in [0.1, 0.15) is 37.7 Å². The molecule has 5 nitrogen and oxygen atoms in total. The van der Waals surface area contributed by atoms with Crippen molar-refractivity contribution in [2.45, 2.75) is 44.8 Å². The Kier molecular flexibility index (Phi) is 8.06. The first-order valence-corrected chi connectivity index (χ1v) is 7.53. The zero-order valence-electron chi connectivity index (χ0n) is 13.0. The Morgan fingerprint density at radius 1 is 1.32 bits per heavy atom. The molecule has 0 aromatic heterocycles. The fourth-order valence-corrected chi connectivity index (χ4v) is 2.53. The summed E-state index contributed by atoms with van der Waals surface area (Å²) in [4.78, 5) is 11.5. The number of carbonyl (C=O) groups excluding carboxylic acids is 1. The predicted octanol–water partition coefficient (Wildman–Crippen LogP) is 2.40. The molecule has 0 radical (unpaired) electrons. The summed E-state index contributed by atoms with van der Waals surface area (Å²) in [5, 5.41) is 2.84. The SMILES string of the molecule is COc1ccc(CNC(=O)CCN)cc1OC1CCCC1.Cl. The zero-order valence-corrected chi connectivity index (χ0v) is 13.8. The molecule has 2 rings (SSSR count). The van der Waals surface area contributed by atoms with Crippen molar-refractivity contribution in [1.82, 2.24) is 5.32 Å². The van der Waals surface area contributed by atoms with Gasteiger partial charge in [0.25, 0.3) is 0 Å². The van der Waals surface area contributed by atoms with Crippen LogP contribution in [0.3, 0.4) is 0 Å². The third kappa shape index (κ3) is 5.39. The van der Waals surface area contributed by atoms with Crippen LogP contribution in [-0.4, -0.2) is 25.7 Å². The van der Waals surface area contributed by atoms with Crippen LogP contribution in [-0.2, 0) is 11.3 Å². The van der Waals surface area contributed by atoms with Crippen LogP contribution in [0.2, 0.25) is 0 Å². The van der Waals surface area contributed by atoms with Crippen LogP contribution < -0.4 is 20.5 Å². The molecule has 0 bridgehead atoms. The summed E-state index contributed by atoms with van der Waals surface area (Å²) in [6, 6.07) is 5.76. The third-order valence-electron chi connectivity index (χ3n) is 3.68. The van der Waals surface area contributed by atoms with Gasteiger partial charge < -0.3 is 20.5 Å². The summed E-state index contributed by atoms with van der Waals surface area (Å²) in [6.45, 7) is 0.842. The van der Waals surface area contributed by atoms with Gasteiger partial charge in [0, 0.05) is 19.5 Å². The molecule has 1 aromatic rings. The maximum Gasteiger partial charge on any atom is 0.221 e. The average molecular weight is 329 g/mol. The highest BCUT2D eigenvalue weighted by Crippen LogP contribution is 2.32. The van der Waals surface area contributed by atoms with E-state index >= 15 is 0 Å². The normalized spacial score (nSPS) is 14.3. The topological polar surface area (TPSA) is 73.6 Å². The van der Waals surface area contributed by atoms with Gasteiger partial charge in [0.1, 0.15) is 0 Å². The second kappa shape index (κ2) is 9.54. The molecule has 22 heavy (non-hydrogen) atoms. The molecule has 0 heterocycles. The fraction of sp³-hybridized carbons (Fsp3) is 0.562. The molecular weight excluding hydrogens is 304 g/mol. The second-order valence-corrected chi connectivity index (χ2v) is 5.32. The molecule has 0 aliphatic heterocycles. The van der Waals surface area contributed by atoms with E-state index in [-0.39, 0.29) is 24.4 Å². The summed E-state index contributed by atoms with van der Waals surface area (Å²) in [7, 11) is 1.64. The van der Waals surface area contributed by atoms with Gasteiger partial charge in [-0.25, -0.2) is 0 Å². The van der Waals surface area contributed by atoms with Crippen molar-refractivity contribution in [1.29, 1.82) is 0 Å². The molecule has 1 fully saturated rings. The first kappa shape index (κ1) is 18.6. The minimum absolute atomic E-state index is 0. The molecule has 1 saturated carbocycles. The van der Waals surface area contributed by atoms with Crippen molar-refractivity contribution in [3.63, 3.8) is 0 Å². The Hall–Kier alpha value is -1.46. The summed E-state index contributed by atoms with van der Waals surface area (Å²) in [5.41, 5.74) is 6.35. The molecule has 1 amide bonds. The summed E-state index contributed by atoms with van der Waals surface area (Å²) < 4.78 is 11.4. The standard InChI is InChI=1S/C16H24N2O3.ClH/c1-20-14-7-6-12(11-18-16(19)8-9-17)10-15(14)21-13-4-2-3-5-13;/h6-7,10,13H,2-5,8-9,11,17H2,1H3,(H,18,19);1H. The maximum absolute atomic E-state index is 11.5. The van der Waals surface area contributed by atoms with Crippen molar-refractivity contribution in [2.75, 3.05) is 13.7 Å².